The highest BCUT2D eigenvalue weighted by Gasteiger charge is 2.35. The summed E-state index contributed by atoms with van der Waals surface area (Å²) in [7, 11) is 1.38. The lowest BCUT2D eigenvalue weighted by Gasteiger charge is -2.25. The SMILES string of the molecule is COCC(C)(NC(=O)c1c[nH]c2cccc(Br)c12)C(=O)O. The number of nitrogens with one attached hydrogen (secondary N) is 2. The quantitative estimate of drug-likeness (QED) is 0.767. The Morgan fingerprint density at radius 3 is 2.81 bits per heavy atom. The Morgan fingerprint density at radius 1 is 1.48 bits per heavy atom. The van der Waals surface area contributed by atoms with Gasteiger partial charge < -0.3 is 20.1 Å². The smallest absolute Gasteiger partial charge is 0.331 e. The Hall–Kier alpha value is -1.86. The minimum atomic E-state index is -1.49. The Morgan fingerprint density at radius 2 is 2.19 bits per heavy atom. The summed E-state index contributed by atoms with van der Waals surface area (Å²) in [4.78, 5) is 26.7. The van der Waals surface area contributed by atoms with Gasteiger partial charge in [-0.2, -0.15) is 0 Å². The van der Waals surface area contributed by atoms with Crippen molar-refractivity contribution in [3.63, 3.8) is 0 Å². The number of ether oxygens (including phenoxy) is 1. The van der Waals surface area contributed by atoms with E-state index in [4.69, 9.17) is 4.74 Å². The van der Waals surface area contributed by atoms with Gasteiger partial charge >= 0.3 is 5.97 Å². The number of hydrogen-bond donors (Lipinski definition) is 3. The number of benzene rings is 1. The topological polar surface area (TPSA) is 91.4 Å². The van der Waals surface area contributed by atoms with Crippen LogP contribution in [-0.2, 0) is 9.53 Å². The van der Waals surface area contributed by atoms with Crippen molar-refractivity contribution in [2.45, 2.75) is 12.5 Å². The lowest BCUT2D eigenvalue weighted by atomic mass is 10.0. The molecular weight excluding hydrogens is 340 g/mol. The van der Waals surface area contributed by atoms with Crippen LogP contribution in [0.25, 0.3) is 10.9 Å². The number of methoxy groups -OCH3 is 1. The van der Waals surface area contributed by atoms with Crippen molar-refractivity contribution in [1.82, 2.24) is 10.3 Å². The summed E-state index contributed by atoms with van der Waals surface area (Å²) in [6.07, 6.45) is 1.56. The van der Waals surface area contributed by atoms with Crippen molar-refractivity contribution in [2.75, 3.05) is 13.7 Å². The van der Waals surface area contributed by atoms with Crippen molar-refractivity contribution < 1.29 is 19.4 Å². The Bertz CT molecular complexity index is 697. The fraction of sp³-hybridized carbons (Fsp3) is 0.286. The van der Waals surface area contributed by atoms with E-state index in [0.717, 1.165) is 9.99 Å². The van der Waals surface area contributed by atoms with Gasteiger partial charge in [0.1, 0.15) is 0 Å². The highest BCUT2D eigenvalue weighted by Crippen LogP contribution is 2.27. The molecule has 112 valence electrons. The molecule has 1 unspecified atom stereocenters. The van der Waals surface area contributed by atoms with Crippen molar-refractivity contribution >= 4 is 38.7 Å². The molecule has 0 aliphatic heterocycles. The molecular formula is C14H15BrN2O4. The van der Waals surface area contributed by atoms with E-state index in [9.17, 15) is 14.7 Å². The van der Waals surface area contributed by atoms with Crippen LogP contribution in [0.5, 0.6) is 0 Å². The molecule has 1 atom stereocenters. The summed E-state index contributed by atoms with van der Waals surface area (Å²) in [6.45, 7) is 1.28. The fourth-order valence-electron chi connectivity index (χ4n) is 2.08. The van der Waals surface area contributed by atoms with Crippen LogP contribution in [0.1, 0.15) is 17.3 Å². The zero-order chi connectivity index (χ0) is 15.6. The maximum Gasteiger partial charge on any atom is 0.331 e. The van der Waals surface area contributed by atoms with Crippen molar-refractivity contribution in [3.8, 4) is 0 Å². The molecule has 3 N–H and O–H groups in total. The normalized spacial score (nSPS) is 13.9. The molecule has 0 fully saturated rings. The number of carboxylic acids is 1. The molecule has 1 aromatic heterocycles. The molecule has 0 bridgehead atoms. The van der Waals surface area contributed by atoms with Crippen molar-refractivity contribution in [1.29, 1.82) is 0 Å². The highest BCUT2D eigenvalue weighted by molar-refractivity contribution is 9.10. The van der Waals surface area contributed by atoms with E-state index in [1.807, 2.05) is 18.2 Å². The molecule has 21 heavy (non-hydrogen) atoms. The first kappa shape index (κ1) is 15.5. The number of carboxylic acid groups (broad SMARTS) is 1. The van der Waals surface area contributed by atoms with Gasteiger partial charge in [0.25, 0.3) is 5.91 Å². The number of fused-ring (bicyclic) bond motifs is 1. The number of carbonyl (C=O) groups excluding carboxylic acids is 1. The second-order valence-corrected chi connectivity index (χ2v) is 5.74. The Kier molecular flexibility index (Phi) is 4.34. The molecule has 2 rings (SSSR count). The van der Waals surface area contributed by atoms with Crippen LogP contribution >= 0.6 is 15.9 Å². The molecule has 1 heterocycles. The number of hydrogen-bond acceptors (Lipinski definition) is 3. The van der Waals surface area contributed by atoms with Crippen LogP contribution in [-0.4, -0.2) is 41.2 Å². The first-order chi connectivity index (χ1) is 9.89. The molecule has 0 spiro atoms. The molecule has 0 aliphatic rings. The lowest BCUT2D eigenvalue weighted by molar-refractivity contribution is -0.145. The summed E-state index contributed by atoms with van der Waals surface area (Å²) in [6, 6.07) is 5.50. The molecule has 6 nitrogen and oxygen atoms in total. The number of aromatic amines is 1. The monoisotopic (exact) mass is 354 g/mol. The van der Waals surface area contributed by atoms with E-state index in [0.29, 0.717) is 10.9 Å². The van der Waals surface area contributed by atoms with E-state index in [1.54, 1.807) is 6.20 Å². The Labute approximate surface area is 129 Å². The minimum Gasteiger partial charge on any atom is -0.479 e. The Balaban J connectivity index is 2.37. The van der Waals surface area contributed by atoms with E-state index in [1.165, 1.54) is 14.0 Å². The standard InChI is InChI=1S/C14H15BrN2O4/c1-14(7-21-2,13(19)20)17-12(18)8-6-16-10-5-3-4-9(15)11(8)10/h3-6,16H,7H2,1-2H3,(H,17,18)(H,19,20). The van der Waals surface area contributed by atoms with Gasteiger partial charge in [-0.05, 0) is 19.1 Å². The molecule has 0 aliphatic carbocycles. The van der Waals surface area contributed by atoms with Gasteiger partial charge in [-0.3, -0.25) is 4.79 Å². The third kappa shape index (κ3) is 2.93. The number of amides is 1. The lowest BCUT2D eigenvalue weighted by Crippen LogP contribution is -2.55. The molecule has 0 radical (unpaired) electrons. The van der Waals surface area contributed by atoms with Crippen LogP contribution in [0.4, 0.5) is 0 Å². The first-order valence-electron chi connectivity index (χ1n) is 6.19. The van der Waals surface area contributed by atoms with Crippen LogP contribution in [0.3, 0.4) is 0 Å². The highest BCUT2D eigenvalue weighted by atomic mass is 79.9. The van der Waals surface area contributed by atoms with Crippen LogP contribution in [0.2, 0.25) is 0 Å². The zero-order valence-corrected chi connectivity index (χ0v) is 13.2. The summed E-state index contributed by atoms with van der Waals surface area (Å²) in [5.74, 6) is -1.63. The summed E-state index contributed by atoms with van der Waals surface area (Å²) in [5, 5.41) is 12.5. The number of halogens is 1. The maximum absolute atomic E-state index is 12.4. The summed E-state index contributed by atoms with van der Waals surface area (Å²) < 4.78 is 5.64. The average molecular weight is 355 g/mol. The van der Waals surface area contributed by atoms with Gasteiger partial charge in [-0.15, -0.1) is 0 Å². The second-order valence-electron chi connectivity index (χ2n) is 4.89. The summed E-state index contributed by atoms with van der Waals surface area (Å²) >= 11 is 3.39. The van der Waals surface area contributed by atoms with Gasteiger partial charge in [-0.1, -0.05) is 22.0 Å². The van der Waals surface area contributed by atoms with Gasteiger partial charge in [0.05, 0.1) is 12.2 Å². The first-order valence-corrected chi connectivity index (χ1v) is 6.99. The zero-order valence-electron chi connectivity index (χ0n) is 11.6. The average Bonchev–Trinajstić information content (AvgIpc) is 2.84. The number of aliphatic carboxylic acids is 1. The number of rotatable bonds is 5. The molecule has 0 saturated heterocycles. The van der Waals surface area contributed by atoms with Gasteiger partial charge in [-0.25, -0.2) is 4.79 Å². The van der Waals surface area contributed by atoms with Crippen molar-refractivity contribution in [2.24, 2.45) is 0 Å². The van der Waals surface area contributed by atoms with E-state index >= 15 is 0 Å². The van der Waals surface area contributed by atoms with Gasteiger partial charge in [0.15, 0.2) is 5.54 Å². The molecule has 0 saturated carbocycles. The van der Waals surface area contributed by atoms with E-state index < -0.39 is 17.4 Å². The van der Waals surface area contributed by atoms with E-state index in [2.05, 4.69) is 26.2 Å². The van der Waals surface area contributed by atoms with Crippen LogP contribution < -0.4 is 5.32 Å². The molecule has 1 amide bonds. The van der Waals surface area contributed by atoms with Crippen LogP contribution in [0, 0.1) is 0 Å². The molecule has 7 heteroatoms. The number of H-pyrrole nitrogens is 1. The molecule has 2 aromatic rings. The van der Waals surface area contributed by atoms with Crippen LogP contribution in [0.15, 0.2) is 28.9 Å². The van der Waals surface area contributed by atoms with Gasteiger partial charge in [0.2, 0.25) is 0 Å². The second kappa shape index (κ2) is 5.87. The van der Waals surface area contributed by atoms with Crippen molar-refractivity contribution in [3.05, 3.63) is 34.4 Å². The number of aromatic nitrogens is 1. The predicted octanol–water partition coefficient (Wildman–Crippen LogP) is 2.15. The fourth-order valence-corrected chi connectivity index (χ4v) is 2.66. The minimum absolute atomic E-state index is 0.127. The molecule has 1 aromatic carbocycles. The third-order valence-electron chi connectivity index (χ3n) is 3.19. The summed E-state index contributed by atoms with van der Waals surface area (Å²) in [5.41, 5.74) is -0.323. The van der Waals surface area contributed by atoms with Gasteiger partial charge in [0, 0.05) is 28.7 Å². The van der Waals surface area contributed by atoms with E-state index in [-0.39, 0.29) is 6.61 Å². The maximum atomic E-state index is 12.4. The third-order valence-corrected chi connectivity index (χ3v) is 3.85. The largest absolute Gasteiger partial charge is 0.479 e. The predicted molar refractivity (Wildman–Crippen MR) is 81.4 cm³/mol. The number of carbonyl (C=O) groups is 2.